The topological polar surface area (TPSA) is 63.6 Å². The lowest BCUT2D eigenvalue weighted by Gasteiger charge is -2.03. The molecule has 7 heteroatoms. The van der Waals surface area contributed by atoms with Gasteiger partial charge < -0.3 is 4.74 Å². The Morgan fingerprint density at radius 1 is 1.09 bits per heavy atom. The van der Waals surface area contributed by atoms with Crippen molar-refractivity contribution in [1.29, 1.82) is 0 Å². The summed E-state index contributed by atoms with van der Waals surface area (Å²) < 4.78 is 7.53. The van der Waals surface area contributed by atoms with Gasteiger partial charge in [-0.25, -0.2) is 10.4 Å². The van der Waals surface area contributed by atoms with Crippen LogP contribution < -0.4 is 10.2 Å². The number of rotatable bonds is 8. The molecule has 3 aromatic carbocycles. The molecule has 0 saturated carbocycles. The molecule has 0 unspecified atom stereocenters. The third-order valence-corrected chi connectivity index (χ3v) is 6.84. The normalized spacial score (nSPS) is 11.4. The van der Waals surface area contributed by atoms with Crippen LogP contribution in [0.3, 0.4) is 0 Å². The number of thiazole rings is 1. The van der Waals surface area contributed by atoms with Crippen LogP contribution in [-0.4, -0.2) is 24.2 Å². The molecule has 0 aliphatic carbocycles. The molecule has 160 valence electrons. The summed E-state index contributed by atoms with van der Waals surface area (Å²) in [5.74, 6) is 1.33. The van der Waals surface area contributed by atoms with Crippen molar-refractivity contribution in [1.82, 2.24) is 10.4 Å². The molecule has 0 atom stereocenters. The fourth-order valence-electron chi connectivity index (χ4n) is 2.96. The molecule has 0 radical (unpaired) electrons. The molecule has 4 rings (SSSR count). The van der Waals surface area contributed by atoms with Gasteiger partial charge >= 0.3 is 0 Å². The number of nitrogens with one attached hydrogen (secondary N) is 1. The number of hydrogen-bond acceptors (Lipinski definition) is 6. The van der Waals surface area contributed by atoms with E-state index in [1.54, 1.807) is 36.3 Å². The predicted octanol–water partition coefficient (Wildman–Crippen LogP) is 6.03. The summed E-state index contributed by atoms with van der Waals surface area (Å²) in [6.07, 6.45) is 5.15. The first-order chi connectivity index (χ1) is 15.7. The number of hydrazone groups is 1. The average molecular weight is 460 g/mol. The van der Waals surface area contributed by atoms with E-state index in [1.165, 1.54) is 10.9 Å². The van der Waals surface area contributed by atoms with Crippen LogP contribution in [0.1, 0.15) is 21.5 Å². The lowest BCUT2D eigenvalue weighted by atomic mass is 10.1. The number of methoxy groups -OCH3 is 1. The highest BCUT2D eigenvalue weighted by molar-refractivity contribution is 8.00. The van der Waals surface area contributed by atoms with Crippen molar-refractivity contribution in [2.24, 2.45) is 5.10 Å². The predicted molar refractivity (Wildman–Crippen MR) is 134 cm³/mol. The molecule has 0 spiro atoms. The summed E-state index contributed by atoms with van der Waals surface area (Å²) in [6.45, 7) is 0. The molecule has 4 aromatic rings. The van der Waals surface area contributed by atoms with E-state index in [1.807, 2.05) is 72.8 Å². The fraction of sp³-hybridized carbons (Fsp3) is 0.0800. The SMILES string of the molecule is COc1ccccc1/C=C/C=N/NC(=O)c1ccc(CSc2nc3ccccc3s2)cc1. The van der Waals surface area contributed by atoms with E-state index in [4.69, 9.17) is 4.74 Å². The molecule has 0 aliphatic heterocycles. The maximum atomic E-state index is 12.3. The number of aromatic nitrogens is 1. The maximum Gasteiger partial charge on any atom is 0.271 e. The number of amides is 1. The molecule has 5 nitrogen and oxygen atoms in total. The third kappa shape index (κ3) is 5.63. The zero-order valence-corrected chi connectivity index (χ0v) is 19.0. The molecule has 1 aromatic heterocycles. The van der Waals surface area contributed by atoms with Gasteiger partial charge in [0, 0.05) is 23.1 Å². The van der Waals surface area contributed by atoms with Gasteiger partial charge in [0.25, 0.3) is 5.91 Å². The lowest BCUT2D eigenvalue weighted by Crippen LogP contribution is -2.17. The number of thioether (sulfide) groups is 1. The van der Waals surface area contributed by atoms with Gasteiger partial charge in [-0.15, -0.1) is 11.3 Å². The van der Waals surface area contributed by atoms with Crippen molar-refractivity contribution in [2.75, 3.05) is 7.11 Å². The molecule has 1 heterocycles. The number of carbonyl (C=O) groups excluding carboxylic acids is 1. The summed E-state index contributed by atoms with van der Waals surface area (Å²) in [6, 6.07) is 23.4. The monoisotopic (exact) mass is 459 g/mol. The van der Waals surface area contributed by atoms with Gasteiger partial charge in [0.2, 0.25) is 0 Å². The van der Waals surface area contributed by atoms with Crippen molar-refractivity contribution in [3.05, 3.63) is 95.6 Å². The Labute approximate surface area is 194 Å². The molecule has 32 heavy (non-hydrogen) atoms. The molecule has 0 aliphatic rings. The highest BCUT2D eigenvalue weighted by atomic mass is 32.2. The van der Waals surface area contributed by atoms with E-state index < -0.39 is 0 Å². The van der Waals surface area contributed by atoms with Crippen molar-refractivity contribution in [2.45, 2.75) is 10.1 Å². The van der Waals surface area contributed by atoms with Crippen LogP contribution in [-0.2, 0) is 5.75 Å². The Morgan fingerprint density at radius 3 is 2.69 bits per heavy atom. The van der Waals surface area contributed by atoms with Gasteiger partial charge in [-0.3, -0.25) is 4.79 Å². The van der Waals surface area contributed by atoms with Crippen LogP contribution in [0.15, 0.2) is 88.3 Å². The minimum Gasteiger partial charge on any atom is -0.496 e. The third-order valence-electron chi connectivity index (χ3n) is 4.59. The average Bonchev–Trinajstić information content (AvgIpc) is 3.26. The van der Waals surface area contributed by atoms with E-state index in [0.717, 1.165) is 32.5 Å². The van der Waals surface area contributed by atoms with E-state index in [9.17, 15) is 4.79 Å². The summed E-state index contributed by atoms with van der Waals surface area (Å²) in [5.41, 5.74) is 6.20. The molecular weight excluding hydrogens is 438 g/mol. The zero-order valence-electron chi connectivity index (χ0n) is 17.4. The Morgan fingerprint density at radius 2 is 1.88 bits per heavy atom. The van der Waals surface area contributed by atoms with Gasteiger partial charge in [-0.05, 0) is 48.0 Å². The van der Waals surface area contributed by atoms with Crippen LogP contribution in [0.4, 0.5) is 0 Å². The van der Waals surface area contributed by atoms with Gasteiger partial charge in [0.05, 0.1) is 17.3 Å². The molecule has 0 fully saturated rings. The van der Waals surface area contributed by atoms with E-state index >= 15 is 0 Å². The number of benzene rings is 3. The second-order valence-corrected chi connectivity index (χ2v) is 9.01. The minimum atomic E-state index is -0.252. The standard InChI is InChI=1S/C25H21N3O2S2/c1-30-22-10-4-2-7-19(22)8-6-16-26-28-24(29)20-14-12-18(13-15-20)17-31-25-27-21-9-3-5-11-23(21)32-25/h2-16H,17H2,1H3,(H,28,29)/b8-6+,26-16+. The highest BCUT2D eigenvalue weighted by Crippen LogP contribution is 2.31. The molecule has 1 amide bonds. The number of allylic oxidation sites excluding steroid dienone is 1. The number of carbonyl (C=O) groups is 1. The number of hydrogen-bond donors (Lipinski definition) is 1. The van der Waals surface area contributed by atoms with Crippen molar-refractivity contribution in [3.63, 3.8) is 0 Å². The van der Waals surface area contributed by atoms with Crippen LogP contribution >= 0.6 is 23.1 Å². The number of nitrogens with zero attached hydrogens (tertiary/aromatic N) is 2. The summed E-state index contributed by atoms with van der Waals surface area (Å²) >= 11 is 3.40. The van der Waals surface area contributed by atoms with Gasteiger partial charge in [-0.2, -0.15) is 5.10 Å². The first-order valence-electron chi connectivity index (χ1n) is 9.93. The summed E-state index contributed by atoms with van der Waals surface area (Å²) in [4.78, 5) is 16.9. The minimum absolute atomic E-state index is 0.252. The Hall–Kier alpha value is -3.42. The smallest absolute Gasteiger partial charge is 0.271 e. The van der Waals surface area contributed by atoms with Crippen LogP contribution in [0, 0.1) is 0 Å². The summed E-state index contributed by atoms with van der Waals surface area (Å²) in [7, 11) is 1.63. The van der Waals surface area contributed by atoms with Gasteiger partial charge in [-0.1, -0.05) is 54.2 Å². The van der Waals surface area contributed by atoms with Crippen LogP contribution in [0.2, 0.25) is 0 Å². The first kappa shape index (κ1) is 21.8. The molecule has 0 bridgehead atoms. The number of ether oxygens (including phenoxy) is 1. The van der Waals surface area contributed by atoms with E-state index in [0.29, 0.717) is 5.56 Å². The maximum absolute atomic E-state index is 12.3. The Balaban J connectivity index is 1.28. The second-order valence-electron chi connectivity index (χ2n) is 6.75. The highest BCUT2D eigenvalue weighted by Gasteiger charge is 2.06. The van der Waals surface area contributed by atoms with Crippen molar-refractivity contribution in [3.8, 4) is 5.75 Å². The fourth-order valence-corrected chi connectivity index (χ4v) is 4.99. The van der Waals surface area contributed by atoms with Crippen LogP contribution in [0.5, 0.6) is 5.75 Å². The Kier molecular flexibility index (Phi) is 7.32. The van der Waals surface area contributed by atoms with Gasteiger partial charge in [0.15, 0.2) is 4.34 Å². The lowest BCUT2D eigenvalue weighted by molar-refractivity contribution is 0.0955. The largest absolute Gasteiger partial charge is 0.496 e. The second kappa shape index (κ2) is 10.7. The van der Waals surface area contributed by atoms with E-state index in [-0.39, 0.29) is 5.91 Å². The zero-order chi connectivity index (χ0) is 22.2. The number of para-hydroxylation sites is 2. The quantitative estimate of drug-likeness (QED) is 0.199. The molecule has 1 N–H and O–H groups in total. The Bertz CT molecular complexity index is 1230. The molecule has 0 saturated heterocycles. The van der Waals surface area contributed by atoms with E-state index in [2.05, 4.69) is 21.6 Å². The molecular formula is C25H21N3O2S2. The first-order valence-corrected chi connectivity index (χ1v) is 11.7. The number of fused-ring (bicyclic) bond motifs is 1. The van der Waals surface area contributed by atoms with Crippen molar-refractivity contribution < 1.29 is 9.53 Å². The van der Waals surface area contributed by atoms with Crippen LogP contribution in [0.25, 0.3) is 16.3 Å². The van der Waals surface area contributed by atoms with Crippen molar-refractivity contribution >= 4 is 51.5 Å². The van der Waals surface area contributed by atoms with Gasteiger partial charge in [0.1, 0.15) is 5.75 Å². The summed E-state index contributed by atoms with van der Waals surface area (Å²) in [5, 5.41) is 3.97.